The van der Waals surface area contributed by atoms with E-state index < -0.39 is 0 Å². The molecule has 0 saturated carbocycles. The average Bonchev–Trinajstić information content (AvgIpc) is 2.79. The van der Waals surface area contributed by atoms with Gasteiger partial charge in [0.25, 0.3) is 0 Å². The lowest BCUT2D eigenvalue weighted by atomic mass is 10.1. The lowest BCUT2D eigenvalue weighted by Gasteiger charge is -2.35. The summed E-state index contributed by atoms with van der Waals surface area (Å²) >= 11 is 1.77. The molecule has 0 aliphatic carbocycles. The summed E-state index contributed by atoms with van der Waals surface area (Å²) < 4.78 is 0. The van der Waals surface area contributed by atoms with E-state index >= 15 is 0 Å². The molecule has 0 bridgehead atoms. The van der Waals surface area contributed by atoms with Gasteiger partial charge in [0.1, 0.15) is 0 Å². The molecule has 1 aromatic rings. The highest BCUT2D eigenvalue weighted by Crippen LogP contribution is 2.10. The van der Waals surface area contributed by atoms with Gasteiger partial charge in [-0.2, -0.15) is 0 Å². The molecular formula is C11H19N3S. The second kappa shape index (κ2) is 5.58. The van der Waals surface area contributed by atoms with Gasteiger partial charge in [-0.05, 0) is 6.42 Å². The molecule has 1 N–H and O–H groups in total. The van der Waals surface area contributed by atoms with E-state index in [-0.39, 0.29) is 0 Å². The van der Waals surface area contributed by atoms with Crippen molar-refractivity contribution in [1.29, 1.82) is 0 Å². The Labute approximate surface area is 95.5 Å². The zero-order valence-electron chi connectivity index (χ0n) is 9.28. The third kappa shape index (κ3) is 3.00. The fourth-order valence-electron chi connectivity index (χ4n) is 2.12. The Morgan fingerprint density at radius 1 is 1.67 bits per heavy atom. The van der Waals surface area contributed by atoms with Crippen LogP contribution in [0.2, 0.25) is 0 Å². The number of hydrogen-bond acceptors (Lipinski definition) is 4. The molecule has 1 atom stereocenters. The first-order chi connectivity index (χ1) is 7.40. The van der Waals surface area contributed by atoms with Crippen molar-refractivity contribution in [2.45, 2.75) is 25.8 Å². The van der Waals surface area contributed by atoms with Crippen molar-refractivity contribution in [3.8, 4) is 0 Å². The molecule has 0 aromatic carbocycles. The Hall–Kier alpha value is -0.450. The molecule has 1 aromatic heterocycles. The molecule has 2 rings (SSSR count). The summed E-state index contributed by atoms with van der Waals surface area (Å²) in [5.41, 5.74) is 0. The summed E-state index contributed by atoms with van der Waals surface area (Å²) in [6.07, 6.45) is 4.24. The second-order valence-corrected chi connectivity index (χ2v) is 4.96. The fraction of sp³-hybridized carbons (Fsp3) is 0.727. The Bertz CT molecular complexity index is 273. The Morgan fingerprint density at radius 3 is 3.33 bits per heavy atom. The number of rotatable bonds is 4. The molecule has 1 saturated heterocycles. The summed E-state index contributed by atoms with van der Waals surface area (Å²) in [6, 6.07) is 0.721. The first-order valence-corrected chi connectivity index (χ1v) is 6.61. The van der Waals surface area contributed by atoms with Gasteiger partial charge in [-0.15, -0.1) is 11.3 Å². The Morgan fingerprint density at radius 2 is 2.60 bits per heavy atom. The molecule has 2 heterocycles. The standard InChI is InChI=1S/C11H19N3S/c1-2-10-9-12-4-7-14(10)6-3-11-13-5-8-15-11/h5,8,10,12H,2-4,6-7,9H2,1H3. The minimum atomic E-state index is 0.721. The van der Waals surface area contributed by atoms with Crippen LogP contribution in [0, 0.1) is 0 Å². The minimum Gasteiger partial charge on any atom is -0.314 e. The maximum absolute atomic E-state index is 4.33. The maximum atomic E-state index is 4.33. The van der Waals surface area contributed by atoms with E-state index in [0.29, 0.717) is 0 Å². The summed E-state index contributed by atoms with van der Waals surface area (Å²) in [4.78, 5) is 6.92. The molecule has 3 nitrogen and oxygen atoms in total. The second-order valence-electron chi connectivity index (χ2n) is 3.98. The van der Waals surface area contributed by atoms with Crippen molar-refractivity contribution < 1.29 is 0 Å². The van der Waals surface area contributed by atoms with Crippen LogP contribution < -0.4 is 5.32 Å². The summed E-state index contributed by atoms with van der Waals surface area (Å²) in [5, 5.41) is 6.78. The van der Waals surface area contributed by atoms with E-state index in [9.17, 15) is 0 Å². The van der Waals surface area contributed by atoms with Crippen LogP contribution in [-0.4, -0.2) is 42.1 Å². The van der Waals surface area contributed by atoms with Crippen LogP contribution in [-0.2, 0) is 6.42 Å². The van der Waals surface area contributed by atoms with Gasteiger partial charge >= 0.3 is 0 Å². The van der Waals surface area contributed by atoms with Crippen LogP contribution in [0.25, 0.3) is 0 Å². The molecule has 0 spiro atoms. The maximum Gasteiger partial charge on any atom is 0.0937 e. The highest BCUT2D eigenvalue weighted by molar-refractivity contribution is 7.09. The molecule has 1 unspecified atom stereocenters. The predicted octanol–water partition coefficient (Wildman–Crippen LogP) is 1.37. The van der Waals surface area contributed by atoms with Gasteiger partial charge in [0.15, 0.2) is 0 Å². The van der Waals surface area contributed by atoms with Crippen molar-refractivity contribution in [3.63, 3.8) is 0 Å². The van der Waals surface area contributed by atoms with E-state index in [2.05, 4.69) is 27.5 Å². The molecule has 4 heteroatoms. The molecule has 0 amide bonds. The molecule has 1 aliphatic rings. The first kappa shape index (κ1) is 11.0. The molecule has 1 aliphatic heterocycles. The first-order valence-electron chi connectivity index (χ1n) is 5.73. The molecule has 0 radical (unpaired) electrons. The van der Waals surface area contributed by atoms with Gasteiger partial charge in [-0.3, -0.25) is 4.90 Å². The van der Waals surface area contributed by atoms with Crippen LogP contribution >= 0.6 is 11.3 Å². The molecule has 15 heavy (non-hydrogen) atoms. The number of nitrogens with zero attached hydrogens (tertiary/aromatic N) is 2. The van der Waals surface area contributed by atoms with Gasteiger partial charge in [0.05, 0.1) is 5.01 Å². The van der Waals surface area contributed by atoms with Crippen LogP contribution in [0.15, 0.2) is 11.6 Å². The van der Waals surface area contributed by atoms with E-state index in [4.69, 9.17) is 0 Å². The van der Waals surface area contributed by atoms with Gasteiger partial charge < -0.3 is 5.32 Å². The van der Waals surface area contributed by atoms with Crippen molar-refractivity contribution in [2.24, 2.45) is 0 Å². The smallest absolute Gasteiger partial charge is 0.0937 e. The average molecular weight is 225 g/mol. The van der Waals surface area contributed by atoms with Crippen LogP contribution in [0.4, 0.5) is 0 Å². The van der Waals surface area contributed by atoms with Crippen molar-refractivity contribution in [3.05, 3.63) is 16.6 Å². The Balaban J connectivity index is 1.81. The normalized spacial score (nSPS) is 23.1. The SMILES string of the molecule is CCC1CNCCN1CCc1nccs1. The molecule has 84 valence electrons. The summed E-state index contributed by atoms with van der Waals surface area (Å²) in [7, 11) is 0. The van der Waals surface area contributed by atoms with Crippen molar-refractivity contribution in [1.82, 2.24) is 15.2 Å². The van der Waals surface area contributed by atoms with Gasteiger partial charge in [0.2, 0.25) is 0 Å². The number of aromatic nitrogens is 1. The summed E-state index contributed by atoms with van der Waals surface area (Å²) in [6.45, 7) is 6.90. The van der Waals surface area contributed by atoms with Crippen LogP contribution in [0.1, 0.15) is 18.4 Å². The predicted molar refractivity (Wildman–Crippen MR) is 64.3 cm³/mol. The third-order valence-electron chi connectivity index (χ3n) is 3.04. The van der Waals surface area contributed by atoms with Crippen molar-refractivity contribution >= 4 is 11.3 Å². The van der Waals surface area contributed by atoms with Gasteiger partial charge in [0, 0.05) is 50.2 Å². The van der Waals surface area contributed by atoms with E-state index in [1.807, 2.05) is 6.20 Å². The highest BCUT2D eigenvalue weighted by Gasteiger charge is 2.19. The lowest BCUT2D eigenvalue weighted by molar-refractivity contribution is 0.159. The third-order valence-corrected chi connectivity index (χ3v) is 3.88. The quantitative estimate of drug-likeness (QED) is 0.839. The van der Waals surface area contributed by atoms with Gasteiger partial charge in [-0.25, -0.2) is 4.98 Å². The highest BCUT2D eigenvalue weighted by atomic mass is 32.1. The van der Waals surface area contributed by atoms with Gasteiger partial charge in [-0.1, -0.05) is 6.92 Å². The van der Waals surface area contributed by atoms with E-state index in [0.717, 1.165) is 32.1 Å². The number of hydrogen-bond donors (Lipinski definition) is 1. The number of nitrogens with one attached hydrogen (secondary N) is 1. The topological polar surface area (TPSA) is 28.2 Å². The molecule has 1 fully saturated rings. The van der Waals surface area contributed by atoms with Crippen LogP contribution in [0.3, 0.4) is 0 Å². The van der Waals surface area contributed by atoms with Crippen molar-refractivity contribution in [2.75, 3.05) is 26.2 Å². The monoisotopic (exact) mass is 225 g/mol. The lowest BCUT2D eigenvalue weighted by Crippen LogP contribution is -2.51. The fourth-order valence-corrected chi connectivity index (χ4v) is 2.73. The zero-order chi connectivity index (χ0) is 10.5. The Kier molecular flexibility index (Phi) is 4.11. The summed E-state index contributed by atoms with van der Waals surface area (Å²) in [5.74, 6) is 0. The minimum absolute atomic E-state index is 0.721. The number of thiazole rings is 1. The van der Waals surface area contributed by atoms with E-state index in [1.165, 1.54) is 18.0 Å². The van der Waals surface area contributed by atoms with E-state index in [1.54, 1.807) is 11.3 Å². The largest absolute Gasteiger partial charge is 0.314 e. The zero-order valence-corrected chi connectivity index (χ0v) is 10.1. The number of piperazine rings is 1. The molecular weight excluding hydrogens is 206 g/mol. The van der Waals surface area contributed by atoms with Crippen LogP contribution in [0.5, 0.6) is 0 Å².